The third kappa shape index (κ3) is 9.83. The number of alkyl carbamates (subject to hydrolysis) is 1. The number of unbranched alkanes of at least 4 members (excludes halogenated alkanes) is 3. The first kappa shape index (κ1) is 34.6. The van der Waals surface area contributed by atoms with Gasteiger partial charge in [-0.25, -0.2) is 4.79 Å². The van der Waals surface area contributed by atoms with E-state index in [1.165, 1.54) is 0 Å². The summed E-state index contributed by atoms with van der Waals surface area (Å²) in [4.78, 5) is 43.6. The molecule has 0 spiro atoms. The summed E-state index contributed by atoms with van der Waals surface area (Å²) in [5.74, 6) is -0.463. The van der Waals surface area contributed by atoms with Crippen molar-refractivity contribution in [3.63, 3.8) is 0 Å². The fraction of sp³-hybridized carbons (Fsp3) is 0.486. The van der Waals surface area contributed by atoms with E-state index in [0.29, 0.717) is 18.7 Å². The number of nitrogens with zero attached hydrogens (tertiary/aromatic N) is 1. The van der Waals surface area contributed by atoms with Crippen molar-refractivity contribution >= 4 is 34.4 Å². The van der Waals surface area contributed by atoms with Crippen LogP contribution in [0.5, 0.6) is 0 Å². The highest BCUT2D eigenvalue weighted by molar-refractivity contribution is 6.00. The molecule has 3 amide bonds. The summed E-state index contributed by atoms with van der Waals surface area (Å²) in [5.41, 5.74) is 2.60. The van der Waals surface area contributed by atoms with Gasteiger partial charge in [-0.2, -0.15) is 0 Å². The molecule has 0 aromatic heterocycles. The van der Waals surface area contributed by atoms with Gasteiger partial charge in [0.1, 0.15) is 17.7 Å². The van der Waals surface area contributed by atoms with Crippen LogP contribution in [0.4, 0.5) is 10.5 Å². The fourth-order valence-corrected chi connectivity index (χ4v) is 5.58. The highest BCUT2D eigenvalue weighted by Crippen LogP contribution is 2.31. The number of aryl methyl sites for hydroxylation is 2. The van der Waals surface area contributed by atoms with Crippen molar-refractivity contribution in [2.24, 2.45) is 5.92 Å². The number of benzene rings is 3. The maximum atomic E-state index is 14.6. The molecule has 7 heteroatoms. The molecule has 2 N–H and O–H groups in total. The maximum Gasteiger partial charge on any atom is 0.408 e. The lowest BCUT2D eigenvalue weighted by Crippen LogP contribution is -2.53. The quantitative estimate of drug-likeness (QED) is 0.192. The molecule has 0 heterocycles. The predicted octanol–water partition coefficient (Wildman–Crippen LogP) is 8.48. The molecule has 0 aliphatic carbocycles. The number of amides is 3. The van der Waals surface area contributed by atoms with Crippen molar-refractivity contribution in [1.29, 1.82) is 0 Å². The van der Waals surface area contributed by atoms with E-state index in [1.54, 1.807) is 25.7 Å². The van der Waals surface area contributed by atoms with Gasteiger partial charge >= 0.3 is 6.09 Å². The number of carbonyl (C=O) groups excluding carboxylic acids is 3. The molecule has 2 unspecified atom stereocenters. The second-order valence-corrected chi connectivity index (χ2v) is 13.2. The standard InChI is InChI=1S/C37H51N3O4/c1-9-10-11-14-22-40(35(42)31(23-25(2)3)39-36(43)44-37(6,7)8)33(32-26(4)16-15-17-27(32)5)34(41)38-30-21-20-28-18-12-13-19-29(28)24-30/h12-13,15-21,24-25,31,33H,9-11,14,22-23H2,1-8H3,(H,38,41)(H,39,43). The van der Waals surface area contributed by atoms with Gasteiger partial charge in [0.05, 0.1) is 0 Å². The normalized spacial score (nSPS) is 12.9. The molecule has 0 aliphatic heterocycles. The average Bonchev–Trinajstić information content (AvgIpc) is 2.93. The summed E-state index contributed by atoms with van der Waals surface area (Å²) in [5, 5.41) is 8.07. The third-order valence-electron chi connectivity index (χ3n) is 7.62. The van der Waals surface area contributed by atoms with E-state index in [4.69, 9.17) is 4.74 Å². The SMILES string of the molecule is CCCCCCN(C(=O)C(CC(C)C)NC(=O)OC(C)(C)C)C(C(=O)Nc1ccc2ccccc2c1)c1c(C)cccc1C. The Bertz CT molecular complexity index is 1410. The number of carbonyl (C=O) groups is 3. The van der Waals surface area contributed by atoms with Crippen LogP contribution in [0.25, 0.3) is 10.8 Å². The zero-order valence-electron chi connectivity index (χ0n) is 27.8. The Kier molecular flexibility index (Phi) is 12.4. The Morgan fingerprint density at radius 1 is 0.864 bits per heavy atom. The topological polar surface area (TPSA) is 87.7 Å². The molecule has 3 rings (SSSR count). The van der Waals surface area contributed by atoms with Crippen LogP contribution in [0.2, 0.25) is 0 Å². The van der Waals surface area contributed by atoms with E-state index in [9.17, 15) is 14.4 Å². The number of hydrogen-bond acceptors (Lipinski definition) is 4. The van der Waals surface area contributed by atoms with Crippen LogP contribution >= 0.6 is 0 Å². The number of rotatable bonds is 13. The highest BCUT2D eigenvalue weighted by Gasteiger charge is 2.37. The van der Waals surface area contributed by atoms with E-state index in [-0.39, 0.29) is 17.7 Å². The molecule has 0 aliphatic rings. The van der Waals surface area contributed by atoms with Gasteiger partial charge in [0.25, 0.3) is 5.91 Å². The molecule has 0 saturated carbocycles. The Labute approximate surface area is 263 Å². The molecule has 0 bridgehead atoms. The zero-order chi connectivity index (χ0) is 32.4. The van der Waals surface area contributed by atoms with Crippen molar-refractivity contribution in [1.82, 2.24) is 10.2 Å². The van der Waals surface area contributed by atoms with E-state index in [2.05, 4.69) is 17.6 Å². The summed E-state index contributed by atoms with van der Waals surface area (Å²) in [7, 11) is 0. The van der Waals surface area contributed by atoms with E-state index in [0.717, 1.165) is 53.1 Å². The summed E-state index contributed by atoms with van der Waals surface area (Å²) >= 11 is 0. The summed E-state index contributed by atoms with van der Waals surface area (Å²) in [6.45, 7) is 15.9. The van der Waals surface area contributed by atoms with Gasteiger partial charge in [0, 0.05) is 12.2 Å². The second kappa shape index (κ2) is 15.7. The molecule has 3 aromatic carbocycles. The minimum absolute atomic E-state index is 0.117. The number of anilines is 1. The largest absolute Gasteiger partial charge is 0.444 e. The molecule has 0 fully saturated rings. The first-order chi connectivity index (χ1) is 20.8. The van der Waals surface area contributed by atoms with Crippen LogP contribution in [0.15, 0.2) is 60.7 Å². The number of fused-ring (bicyclic) bond motifs is 1. The van der Waals surface area contributed by atoms with Crippen LogP contribution in [-0.4, -0.2) is 41.0 Å². The van der Waals surface area contributed by atoms with E-state index in [1.807, 2.05) is 88.4 Å². The van der Waals surface area contributed by atoms with Gasteiger partial charge in [0.2, 0.25) is 5.91 Å². The van der Waals surface area contributed by atoms with E-state index >= 15 is 0 Å². The van der Waals surface area contributed by atoms with Crippen molar-refractivity contribution in [2.75, 3.05) is 11.9 Å². The van der Waals surface area contributed by atoms with Gasteiger partial charge in [-0.1, -0.05) is 88.6 Å². The molecule has 238 valence electrons. The lowest BCUT2D eigenvalue weighted by Gasteiger charge is -2.36. The Morgan fingerprint density at radius 2 is 1.52 bits per heavy atom. The molecule has 2 atom stereocenters. The molecule has 44 heavy (non-hydrogen) atoms. The predicted molar refractivity (Wildman–Crippen MR) is 180 cm³/mol. The monoisotopic (exact) mass is 601 g/mol. The molecule has 0 saturated heterocycles. The minimum Gasteiger partial charge on any atom is -0.444 e. The fourth-order valence-electron chi connectivity index (χ4n) is 5.58. The summed E-state index contributed by atoms with van der Waals surface area (Å²) < 4.78 is 5.54. The first-order valence-corrected chi connectivity index (χ1v) is 16.0. The van der Waals surface area contributed by atoms with Crippen LogP contribution < -0.4 is 10.6 Å². The lowest BCUT2D eigenvalue weighted by molar-refractivity contribution is -0.141. The number of hydrogen-bond donors (Lipinski definition) is 2. The van der Waals surface area contributed by atoms with Gasteiger partial charge < -0.3 is 20.3 Å². The van der Waals surface area contributed by atoms with Crippen molar-refractivity contribution < 1.29 is 19.1 Å². The van der Waals surface area contributed by atoms with Gasteiger partial charge in [-0.05, 0) is 93.0 Å². The minimum atomic E-state index is -0.896. The molecular formula is C37H51N3O4. The van der Waals surface area contributed by atoms with Crippen molar-refractivity contribution in [2.45, 2.75) is 105 Å². The van der Waals surface area contributed by atoms with Crippen molar-refractivity contribution in [3.05, 3.63) is 77.4 Å². The van der Waals surface area contributed by atoms with Gasteiger partial charge in [0.15, 0.2) is 0 Å². The smallest absolute Gasteiger partial charge is 0.408 e. The maximum absolute atomic E-state index is 14.6. The Hall–Kier alpha value is -3.87. The second-order valence-electron chi connectivity index (χ2n) is 13.2. The Morgan fingerprint density at radius 3 is 2.14 bits per heavy atom. The van der Waals surface area contributed by atoms with Crippen molar-refractivity contribution in [3.8, 4) is 0 Å². The van der Waals surface area contributed by atoms with Gasteiger partial charge in [-0.15, -0.1) is 0 Å². The molecule has 3 aromatic rings. The van der Waals surface area contributed by atoms with Crippen LogP contribution in [0.1, 0.15) is 96.4 Å². The average molecular weight is 602 g/mol. The summed E-state index contributed by atoms with van der Waals surface area (Å²) in [6.07, 6.45) is 3.52. The highest BCUT2D eigenvalue weighted by atomic mass is 16.6. The third-order valence-corrected chi connectivity index (χ3v) is 7.62. The number of nitrogens with one attached hydrogen (secondary N) is 2. The molecule has 0 radical (unpaired) electrons. The number of ether oxygens (including phenoxy) is 1. The first-order valence-electron chi connectivity index (χ1n) is 16.0. The zero-order valence-corrected chi connectivity index (χ0v) is 27.8. The van der Waals surface area contributed by atoms with Crippen LogP contribution in [0, 0.1) is 19.8 Å². The summed E-state index contributed by atoms with van der Waals surface area (Å²) in [6, 6.07) is 18.0. The molecule has 7 nitrogen and oxygen atoms in total. The van der Waals surface area contributed by atoms with Crippen LogP contribution in [0.3, 0.4) is 0 Å². The Balaban J connectivity index is 2.09. The lowest BCUT2D eigenvalue weighted by atomic mass is 9.92. The van der Waals surface area contributed by atoms with Gasteiger partial charge in [-0.3, -0.25) is 9.59 Å². The van der Waals surface area contributed by atoms with Crippen LogP contribution in [-0.2, 0) is 14.3 Å². The molecular weight excluding hydrogens is 550 g/mol. The van der Waals surface area contributed by atoms with E-state index < -0.39 is 23.8 Å².